The van der Waals surface area contributed by atoms with Gasteiger partial charge in [-0.15, -0.1) is 10.2 Å². The standard InChI is InChI=1S/C23H24N8O/c1-29-7-9-31(10-8-29)22-6-4-17(13-24-22)23(32)26-21-12-18-11-16(3-5-20(18)27-28-21)19-14-25-30(2)15-19/h3-6,11-15H,7-10H2,1-2H3,(H,26,28,32). The smallest absolute Gasteiger partial charge is 0.258 e. The number of hydrogen-bond donors (Lipinski definition) is 1. The quantitative estimate of drug-likeness (QED) is 0.534. The van der Waals surface area contributed by atoms with Gasteiger partial charge in [-0.1, -0.05) is 6.07 Å². The highest BCUT2D eigenvalue weighted by Gasteiger charge is 2.16. The van der Waals surface area contributed by atoms with E-state index < -0.39 is 0 Å². The van der Waals surface area contributed by atoms with Crippen LogP contribution in [0.4, 0.5) is 11.6 Å². The highest BCUT2D eigenvalue weighted by molar-refractivity contribution is 6.04. The zero-order valence-corrected chi connectivity index (χ0v) is 18.1. The first-order valence-electron chi connectivity index (χ1n) is 10.5. The van der Waals surface area contributed by atoms with Crippen molar-refractivity contribution in [3.63, 3.8) is 0 Å². The van der Waals surface area contributed by atoms with Gasteiger partial charge in [0.2, 0.25) is 0 Å². The summed E-state index contributed by atoms with van der Waals surface area (Å²) in [5.41, 5.74) is 3.28. The number of piperazine rings is 1. The van der Waals surface area contributed by atoms with Crippen molar-refractivity contribution in [3.8, 4) is 11.1 Å². The minimum Gasteiger partial charge on any atom is -0.354 e. The van der Waals surface area contributed by atoms with E-state index in [1.807, 2.05) is 49.8 Å². The number of carbonyl (C=O) groups is 1. The summed E-state index contributed by atoms with van der Waals surface area (Å²) in [6.45, 7) is 3.88. The molecule has 5 rings (SSSR count). The molecule has 1 saturated heterocycles. The molecule has 9 nitrogen and oxygen atoms in total. The second-order valence-corrected chi connectivity index (χ2v) is 8.06. The predicted molar refractivity (Wildman–Crippen MR) is 124 cm³/mol. The first-order valence-corrected chi connectivity index (χ1v) is 10.5. The van der Waals surface area contributed by atoms with Gasteiger partial charge in [0, 0.05) is 56.6 Å². The van der Waals surface area contributed by atoms with Crippen LogP contribution in [0.5, 0.6) is 0 Å². The Bertz CT molecular complexity index is 1260. The van der Waals surface area contributed by atoms with Gasteiger partial charge in [0.25, 0.3) is 5.91 Å². The molecule has 1 N–H and O–H groups in total. The highest BCUT2D eigenvalue weighted by Crippen LogP contribution is 2.24. The lowest BCUT2D eigenvalue weighted by Gasteiger charge is -2.33. The minimum absolute atomic E-state index is 0.264. The molecule has 0 saturated carbocycles. The maximum absolute atomic E-state index is 12.7. The number of rotatable bonds is 4. The SMILES string of the molecule is CN1CCN(c2ccc(C(=O)Nc3cc4cc(-c5cnn(C)c5)ccc4nn3)cn2)CC1. The van der Waals surface area contributed by atoms with Gasteiger partial charge in [-0.05, 0) is 42.9 Å². The van der Waals surface area contributed by atoms with Crippen LogP contribution in [0.15, 0.2) is 55.0 Å². The lowest BCUT2D eigenvalue weighted by atomic mass is 10.1. The zero-order chi connectivity index (χ0) is 22.1. The maximum Gasteiger partial charge on any atom is 0.258 e. The molecule has 9 heteroatoms. The number of aromatic nitrogens is 5. The summed E-state index contributed by atoms with van der Waals surface area (Å²) in [5.74, 6) is 1.02. The summed E-state index contributed by atoms with van der Waals surface area (Å²) < 4.78 is 1.76. The normalized spacial score (nSPS) is 14.6. The zero-order valence-electron chi connectivity index (χ0n) is 18.1. The minimum atomic E-state index is -0.264. The van der Waals surface area contributed by atoms with E-state index in [0.29, 0.717) is 11.4 Å². The lowest BCUT2D eigenvalue weighted by Crippen LogP contribution is -2.44. The average Bonchev–Trinajstić information content (AvgIpc) is 3.25. The van der Waals surface area contributed by atoms with E-state index >= 15 is 0 Å². The molecule has 1 fully saturated rings. The van der Waals surface area contributed by atoms with Crippen molar-refractivity contribution in [3.05, 3.63) is 60.6 Å². The Kier molecular flexibility index (Phi) is 5.24. The third kappa shape index (κ3) is 4.15. The molecule has 0 spiro atoms. The third-order valence-electron chi connectivity index (χ3n) is 5.70. The monoisotopic (exact) mass is 428 g/mol. The van der Waals surface area contributed by atoms with Crippen molar-refractivity contribution in [2.75, 3.05) is 43.4 Å². The number of anilines is 2. The summed E-state index contributed by atoms with van der Waals surface area (Å²) in [7, 11) is 4.00. The van der Waals surface area contributed by atoms with Gasteiger partial charge in [0.1, 0.15) is 5.82 Å². The van der Waals surface area contributed by atoms with E-state index in [1.165, 1.54) is 0 Å². The Balaban J connectivity index is 1.31. The first kappa shape index (κ1) is 20.1. The number of likely N-dealkylation sites (N-methyl/N-ethyl adjacent to an activating group) is 1. The number of nitrogens with zero attached hydrogens (tertiary/aromatic N) is 7. The topological polar surface area (TPSA) is 92.1 Å². The van der Waals surface area contributed by atoms with Crippen LogP contribution in [-0.4, -0.2) is 69.0 Å². The van der Waals surface area contributed by atoms with Crippen LogP contribution in [-0.2, 0) is 7.05 Å². The molecule has 1 aliphatic heterocycles. The van der Waals surface area contributed by atoms with Crippen molar-refractivity contribution < 1.29 is 4.79 Å². The highest BCUT2D eigenvalue weighted by atomic mass is 16.1. The molecule has 4 aromatic rings. The summed E-state index contributed by atoms with van der Waals surface area (Å²) in [6.07, 6.45) is 5.38. The fourth-order valence-corrected chi connectivity index (χ4v) is 3.79. The Morgan fingerprint density at radius 1 is 0.938 bits per heavy atom. The fraction of sp³-hybridized carbons (Fsp3) is 0.261. The van der Waals surface area contributed by atoms with Crippen molar-refractivity contribution in [2.45, 2.75) is 0 Å². The van der Waals surface area contributed by atoms with Gasteiger partial charge >= 0.3 is 0 Å². The molecule has 0 atom stereocenters. The van der Waals surface area contributed by atoms with E-state index in [9.17, 15) is 4.79 Å². The number of nitrogens with one attached hydrogen (secondary N) is 1. The number of hydrogen-bond acceptors (Lipinski definition) is 7. The van der Waals surface area contributed by atoms with Gasteiger partial charge in [-0.25, -0.2) is 4.98 Å². The molecule has 3 aromatic heterocycles. The molecule has 1 amide bonds. The predicted octanol–water partition coefficient (Wildman–Crippen LogP) is 2.43. The second-order valence-electron chi connectivity index (χ2n) is 8.06. The Morgan fingerprint density at radius 3 is 2.50 bits per heavy atom. The molecule has 0 aliphatic carbocycles. The van der Waals surface area contributed by atoms with Crippen LogP contribution >= 0.6 is 0 Å². The van der Waals surface area contributed by atoms with Crippen LogP contribution < -0.4 is 10.2 Å². The summed E-state index contributed by atoms with van der Waals surface area (Å²) >= 11 is 0. The van der Waals surface area contributed by atoms with Crippen LogP contribution in [0.1, 0.15) is 10.4 Å². The number of fused-ring (bicyclic) bond motifs is 1. The fourth-order valence-electron chi connectivity index (χ4n) is 3.79. The van der Waals surface area contributed by atoms with E-state index in [0.717, 1.165) is 54.0 Å². The van der Waals surface area contributed by atoms with E-state index in [-0.39, 0.29) is 5.91 Å². The maximum atomic E-state index is 12.7. The number of pyridine rings is 1. The Morgan fingerprint density at radius 2 is 1.78 bits per heavy atom. The summed E-state index contributed by atoms with van der Waals surface area (Å²) in [4.78, 5) is 21.7. The van der Waals surface area contributed by atoms with Crippen LogP contribution in [0, 0.1) is 0 Å². The van der Waals surface area contributed by atoms with Crippen LogP contribution in [0.3, 0.4) is 0 Å². The molecule has 0 bridgehead atoms. The largest absolute Gasteiger partial charge is 0.354 e. The molecular weight excluding hydrogens is 404 g/mol. The Labute approximate surface area is 185 Å². The van der Waals surface area contributed by atoms with Crippen molar-refractivity contribution in [1.82, 2.24) is 29.9 Å². The molecule has 0 unspecified atom stereocenters. The van der Waals surface area contributed by atoms with E-state index in [4.69, 9.17) is 0 Å². The summed E-state index contributed by atoms with van der Waals surface area (Å²) in [6, 6.07) is 11.4. The number of benzene rings is 1. The van der Waals surface area contributed by atoms with Gasteiger partial charge < -0.3 is 15.1 Å². The molecule has 1 aliphatic rings. The van der Waals surface area contributed by atoms with E-state index in [2.05, 4.69) is 42.4 Å². The van der Waals surface area contributed by atoms with Crippen LogP contribution in [0.2, 0.25) is 0 Å². The van der Waals surface area contributed by atoms with Gasteiger partial charge in [-0.2, -0.15) is 5.10 Å². The van der Waals surface area contributed by atoms with Gasteiger partial charge in [-0.3, -0.25) is 9.48 Å². The molecule has 162 valence electrons. The molecular formula is C23H24N8O. The van der Waals surface area contributed by atoms with Crippen molar-refractivity contribution in [2.24, 2.45) is 7.05 Å². The Hall–Kier alpha value is -3.85. The first-order chi connectivity index (χ1) is 15.5. The average molecular weight is 429 g/mol. The second kappa shape index (κ2) is 8.35. The summed E-state index contributed by atoms with van der Waals surface area (Å²) in [5, 5.41) is 16.3. The molecule has 1 aromatic carbocycles. The number of aryl methyl sites for hydroxylation is 1. The van der Waals surface area contributed by atoms with Crippen molar-refractivity contribution >= 4 is 28.4 Å². The molecule has 0 radical (unpaired) electrons. The van der Waals surface area contributed by atoms with Crippen LogP contribution in [0.25, 0.3) is 22.0 Å². The van der Waals surface area contributed by atoms with Gasteiger partial charge in [0.15, 0.2) is 5.82 Å². The van der Waals surface area contributed by atoms with Crippen molar-refractivity contribution in [1.29, 1.82) is 0 Å². The van der Waals surface area contributed by atoms with Gasteiger partial charge in [0.05, 0.1) is 17.3 Å². The molecule has 4 heterocycles. The molecule has 32 heavy (non-hydrogen) atoms. The number of carbonyl (C=O) groups excluding carboxylic acids is 1. The third-order valence-corrected chi connectivity index (χ3v) is 5.70. The number of amides is 1. The lowest BCUT2D eigenvalue weighted by molar-refractivity contribution is 0.102. The van der Waals surface area contributed by atoms with E-state index in [1.54, 1.807) is 16.9 Å².